The van der Waals surface area contributed by atoms with Crippen molar-refractivity contribution in [3.05, 3.63) is 35.4 Å². The number of hydrogen-bond donors (Lipinski definition) is 2. The molecule has 1 rings (SSSR count). The van der Waals surface area contributed by atoms with Gasteiger partial charge >= 0.3 is 6.18 Å². The average Bonchev–Trinajstić information content (AvgIpc) is 2.39. The minimum absolute atomic E-state index is 0.0561. The van der Waals surface area contributed by atoms with Gasteiger partial charge in [0.05, 0.1) is 18.6 Å². The molecule has 0 saturated heterocycles. The minimum atomic E-state index is -4.48. The van der Waals surface area contributed by atoms with Crippen molar-refractivity contribution in [2.75, 3.05) is 12.9 Å². The van der Waals surface area contributed by atoms with Crippen molar-refractivity contribution in [3.8, 4) is 0 Å². The van der Waals surface area contributed by atoms with Crippen molar-refractivity contribution in [1.82, 2.24) is 5.32 Å². The van der Waals surface area contributed by atoms with Crippen LogP contribution in [-0.4, -0.2) is 35.2 Å². The molecule has 0 aromatic heterocycles. The number of amides is 1. The fraction of sp³-hybridized carbons (Fsp3) is 0.500. The molecule has 0 heterocycles. The van der Waals surface area contributed by atoms with Gasteiger partial charge in [-0.15, -0.1) is 0 Å². The minimum Gasteiger partial charge on any atom is -0.395 e. The first kappa shape index (κ1) is 17.8. The number of nitrogens with one attached hydrogen (secondary N) is 1. The second-order valence-electron chi connectivity index (χ2n) is 4.64. The van der Waals surface area contributed by atoms with Crippen LogP contribution in [-0.2, 0) is 17.4 Å². The van der Waals surface area contributed by atoms with E-state index in [1.165, 1.54) is 30.0 Å². The SMILES string of the molecule is CS[C@H](CO)[C@H](C)NC(=O)Cc1ccccc1C(F)(F)F. The molecule has 1 aromatic carbocycles. The fourth-order valence-electron chi connectivity index (χ4n) is 1.96. The number of carbonyl (C=O) groups is 1. The van der Waals surface area contributed by atoms with Crippen LogP contribution in [0.4, 0.5) is 13.2 Å². The first-order valence-corrected chi connectivity index (χ1v) is 7.66. The molecule has 0 aliphatic carbocycles. The summed E-state index contributed by atoms with van der Waals surface area (Å²) in [6, 6.07) is 4.70. The second kappa shape index (κ2) is 7.70. The molecule has 0 unspecified atom stereocenters. The molecule has 1 aromatic rings. The lowest BCUT2D eigenvalue weighted by Crippen LogP contribution is -2.42. The van der Waals surface area contributed by atoms with Gasteiger partial charge in [-0.1, -0.05) is 18.2 Å². The smallest absolute Gasteiger partial charge is 0.395 e. The van der Waals surface area contributed by atoms with Gasteiger partial charge in [-0.25, -0.2) is 0 Å². The molecule has 7 heteroatoms. The van der Waals surface area contributed by atoms with E-state index >= 15 is 0 Å². The van der Waals surface area contributed by atoms with E-state index in [1.807, 2.05) is 0 Å². The van der Waals surface area contributed by atoms with Gasteiger partial charge in [-0.05, 0) is 24.8 Å². The van der Waals surface area contributed by atoms with E-state index in [2.05, 4.69) is 5.32 Å². The molecule has 118 valence electrons. The number of rotatable bonds is 6. The van der Waals surface area contributed by atoms with Crippen LogP contribution in [0.3, 0.4) is 0 Å². The van der Waals surface area contributed by atoms with Crippen LogP contribution < -0.4 is 5.32 Å². The fourth-order valence-corrected chi connectivity index (χ4v) is 2.58. The summed E-state index contributed by atoms with van der Waals surface area (Å²) in [5.41, 5.74) is -0.851. The van der Waals surface area contributed by atoms with E-state index in [9.17, 15) is 18.0 Å². The zero-order valence-corrected chi connectivity index (χ0v) is 12.6. The third kappa shape index (κ3) is 5.24. The highest BCUT2D eigenvalue weighted by atomic mass is 32.2. The van der Waals surface area contributed by atoms with Crippen LogP contribution in [0.5, 0.6) is 0 Å². The number of alkyl halides is 3. The molecule has 2 atom stereocenters. The van der Waals surface area contributed by atoms with Gasteiger partial charge in [0.15, 0.2) is 0 Å². The van der Waals surface area contributed by atoms with Crippen molar-refractivity contribution >= 4 is 17.7 Å². The third-order valence-electron chi connectivity index (χ3n) is 3.10. The Kier molecular flexibility index (Phi) is 6.54. The van der Waals surface area contributed by atoms with Crippen molar-refractivity contribution < 1.29 is 23.1 Å². The van der Waals surface area contributed by atoms with Crippen molar-refractivity contribution in [2.45, 2.75) is 30.8 Å². The Morgan fingerprint density at radius 2 is 2.00 bits per heavy atom. The standard InChI is InChI=1S/C14H18F3NO2S/c1-9(12(8-19)21-2)18-13(20)7-10-5-3-4-6-11(10)14(15,16)17/h3-6,9,12,19H,7-8H2,1-2H3,(H,18,20)/t9-,12+/m0/s1. The highest BCUT2D eigenvalue weighted by molar-refractivity contribution is 7.99. The topological polar surface area (TPSA) is 49.3 Å². The van der Waals surface area contributed by atoms with E-state index in [4.69, 9.17) is 5.11 Å². The Morgan fingerprint density at radius 1 is 1.38 bits per heavy atom. The Morgan fingerprint density at radius 3 is 2.52 bits per heavy atom. The molecule has 1 amide bonds. The molecular weight excluding hydrogens is 303 g/mol. The summed E-state index contributed by atoms with van der Waals surface area (Å²) in [5, 5.41) is 11.6. The number of halogens is 3. The monoisotopic (exact) mass is 321 g/mol. The van der Waals surface area contributed by atoms with Crippen LogP contribution in [0, 0.1) is 0 Å². The molecule has 0 bridgehead atoms. The highest BCUT2D eigenvalue weighted by Crippen LogP contribution is 2.32. The average molecular weight is 321 g/mol. The zero-order chi connectivity index (χ0) is 16.0. The normalized spacial score (nSPS) is 14.6. The lowest BCUT2D eigenvalue weighted by Gasteiger charge is -2.21. The zero-order valence-electron chi connectivity index (χ0n) is 11.8. The summed E-state index contributed by atoms with van der Waals surface area (Å²) in [6.45, 7) is 1.60. The third-order valence-corrected chi connectivity index (χ3v) is 4.27. The maximum Gasteiger partial charge on any atom is 0.416 e. The van der Waals surface area contributed by atoms with E-state index in [0.29, 0.717) is 0 Å². The summed E-state index contributed by atoms with van der Waals surface area (Å²) in [5.74, 6) is -0.494. The molecule has 0 radical (unpaired) electrons. The van der Waals surface area contributed by atoms with Crippen LogP contribution in [0.25, 0.3) is 0 Å². The predicted molar refractivity (Wildman–Crippen MR) is 77.1 cm³/mol. The molecule has 21 heavy (non-hydrogen) atoms. The van der Waals surface area contributed by atoms with E-state index in [0.717, 1.165) is 6.07 Å². The van der Waals surface area contributed by atoms with Crippen molar-refractivity contribution in [1.29, 1.82) is 0 Å². The van der Waals surface area contributed by atoms with Crippen molar-refractivity contribution in [2.24, 2.45) is 0 Å². The highest BCUT2D eigenvalue weighted by Gasteiger charge is 2.33. The van der Waals surface area contributed by atoms with Gasteiger partial charge in [0, 0.05) is 11.3 Å². The Balaban J connectivity index is 2.76. The first-order chi connectivity index (χ1) is 9.79. The van der Waals surface area contributed by atoms with Gasteiger partial charge in [0.2, 0.25) is 5.91 Å². The van der Waals surface area contributed by atoms with Crippen LogP contribution in [0.1, 0.15) is 18.1 Å². The molecule has 0 spiro atoms. The number of carbonyl (C=O) groups excluding carboxylic acids is 1. The molecule has 0 aliphatic heterocycles. The van der Waals surface area contributed by atoms with Crippen molar-refractivity contribution in [3.63, 3.8) is 0 Å². The maximum absolute atomic E-state index is 12.8. The number of hydrogen-bond acceptors (Lipinski definition) is 3. The van der Waals surface area contributed by atoms with Gasteiger partial charge in [-0.2, -0.15) is 24.9 Å². The number of aliphatic hydroxyl groups is 1. The summed E-state index contributed by atoms with van der Waals surface area (Å²) in [6.07, 6.45) is -3.02. The van der Waals surface area contributed by atoms with E-state index in [-0.39, 0.29) is 29.9 Å². The summed E-state index contributed by atoms with van der Waals surface area (Å²) in [7, 11) is 0. The Hall–Kier alpha value is -1.21. The van der Waals surface area contributed by atoms with E-state index < -0.39 is 17.6 Å². The number of thioether (sulfide) groups is 1. The first-order valence-electron chi connectivity index (χ1n) is 6.37. The lowest BCUT2D eigenvalue weighted by molar-refractivity contribution is -0.138. The lowest BCUT2D eigenvalue weighted by atomic mass is 10.0. The van der Waals surface area contributed by atoms with Gasteiger partial charge in [0.25, 0.3) is 0 Å². The van der Waals surface area contributed by atoms with Crippen LogP contribution >= 0.6 is 11.8 Å². The molecule has 3 nitrogen and oxygen atoms in total. The second-order valence-corrected chi connectivity index (χ2v) is 5.72. The molecule has 0 fully saturated rings. The molecule has 0 saturated carbocycles. The van der Waals surface area contributed by atoms with Gasteiger partial charge in [-0.3, -0.25) is 4.79 Å². The maximum atomic E-state index is 12.8. The summed E-state index contributed by atoms with van der Waals surface area (Å²) in [4.78, 5) is 11.9. The molecule has 0 aliphatic rings. The number of aliphatic hydroxyl groups excluding tert-OH is 1. The summed E-state index contributed by atoms with van der Waals surface area (Å²) < 4.78 is 38.5. The number of benzene rings is 1. The Labute approximate surface area is 125 Å². The van der Waals surface area contributed by atoms with Crippen LogP contribution in [0.15, 0.2) is 24.3 Å². The quantitative estimate of drug-likeness (QED) is 0.846. The van der Waals surface area contributed by atoms with Gasteiger partial charge < -0.3 is 10.4 Å². The molecule has 2 N–H and O–H groups in total. The van der Waals surface area contributed by atoms with Crippen LogP contribution in [0.2, 0.25) is 0 Å². The summed E-state index contributed by atoms with van der Waals surface area (Å²) >= 11 is 1.39. The largest absolute Gasteiger partial charge is 0.416 e. The predicted octanol–water partition coefficient (Wildman–Crippen LogP) is 2.48. The Bertz CT molecular complexity index is 476. The molecular formula is C14H18F3NO2S. The van der Waals surface area contributed by atoms with E-state index in [1.54, 1.807) is 13.2 Å². The van der Waals surface area contributed by atoms with Gasteiger partial charge in [0.1, 0.15) is 0 Å².